The molecular weight excluding hydrogens is 262 g/mol. The van der Waals surface area contributed by atoms with Crippen molar-refractivity contribution in [2.75, 3.05) is 0 Å². The van der Waals surface area contributed by atoms with Gasteiger partial charge in [-0.1, -0.05) is 42.5 Å². The standard InChI is InChI=1S/C15H14ClNO2/c16-10-12-6-8-14(9-7-12)15(18)17-19-11-13-4-2-1-3-5-13/h1-9H,10-11H2,(H,17,18). The number of hydroxylamine groups is 1. The summed E-state index contributed by atoms with van der Waals surface area (Å²) in [5.41, 5.74) is 4.93. The average molecular weight is 276 g/mol. The van der Waals surface area contributed by atoms with Crippen LogP contribution in [0, 0.1) is 0 Å². The Morgan fingerprint density at radius 2 is 1.68 bits per heavy atom. The SMILES string of the molecule is O=C(NOCc1ccccc1)c1ccc(CCl)cc1. The Labute approximate surface area is 117 Å². The second kappa shape index (κ2) is 6.92. The van der Waals surface area contributed by atoms with Crippen molar-refractivity contribution in [3.63, 3.8) is 0 Å². The van der Waals surface area contributed by atoms with E-state index in [1.54, 1.807) is 12.1 Å². The fourth-order valence-corrected chi connectivity index (χ4v) is 1.74. The predicted octanol–water partition coefficient (Wildman–Crippen LogP) is 3.29. The lowest BCUT2D eigenvalue weighted by atomic mass is 10.1. The number of hydrogen-bond donors (Lipinski definition) is 1. The summed E-state index contributed by atoms with van der Waals surface area (Å²) >= 11 is 5.69. The molecule has 0 aliphatic rings. The van der Waals surface area contributed by atoms with Crippen LogP contribution in [0.4, 0.5) is 0 Å². The summed E-state index contributed by atoms with van der Waals surface area (Å²) in [7, 11) is 0. The fraction of sp³-hybridized carbons (Fsp3) is 0.133. The van der Waals surface area contributed by atoms with Crippen molar-refractivity contribution in [3.05, 3.63) is 71.3 Å². The van der Waals surface area contributed by atoms with E-state index in [1.807, 2.05) is 42.5 Å². The van der Waals surface area contributed by atoms with Gasteiger partial charge in [0.1, 0.15) is 0 Å². The number of carbonyl (C=O) groups excluding carboxylic acids is 1. The molecule has 0 bridgehead atoms. The number of alkyl halides is 1. The summed E-state index contributed by atoms with van der Waals surface area (Å²) in [4.78, 5) is 16.9. The number of nitrogens with one attached hydrogen (secondary N) is 1. The van der Waals surface area contributed by atoms with Gasteiger partial charge in [0.25, 0.3) is 5.91 Å². The normalized spacial score (nSPS) is 10.2. The van der Waals surface area contributed by atoms with Gasteiger partial charge in [-0.15, -0.1) is 11.6 Å². The van der Waals surface area contributed by atoms with Crippen molar-refractivity contribution in [2.24, 2.45) is 0 Å². The molecule has 0 saturated heterocycles. The van der Waals surface area contributed by atoms with Crippen molar-refractivity contribution >= 4 is 17.5 Å². The van der Waals surface area contributed by atoms with Crippen LogP contribution in [-0.4, -0.2) is 5.91 Å². The van der Waals surface area contributed by atoms with E-state index in [0.29, 0.717) is 18.1 Å². The van der Waals surface area contributed by atoms with Crippen molar-refractivity contribution in [1.82, 2.24) is 5.48 Å². The van der Waals surface area contributed by atoms with E-state index < -0.39 is 0 Å². The molecule has 19 heavy (non-hydrogen) atoms. The minimum atomic E-state index is -0.267. The number of rotatable bonds is 5. The van der Waals surface area contributed by atoms with Crippen molar-refractivity contribution < 1.29 is 9.63 Å². The lowest BCUT2D eigenvalue weighted by Gasteiger charge is -2.06. The maximum Gasteiger partial charge on any atom is 0.274 e. The molecule has 2 aromatic carbocycles. The smallest absolute Gasteiger partial charge is 0.269 e. The van der Waals surface area contributed by atoms with Gasteiger partial charge in [0.05, 0.1) is 6.61 Å². The zero-order chi connectivity index (χ0) is 13.5. The Hall–Kier alpha value is -1.84. The lowest BCUT2D eigenvalue weighted by molar-refractivity contribution is 0.0233. The summed E-state index contributed by atoms with van der Waals surface area (Å²) in [6.45, 7) is 0.340. The van der Waals surface area contributed by atoms with E-state index in [2.05, 4.69) is 5.48 Å². The van der Waals surface area contributed by atoms with Crippen LogP contribution in [0.3, 0.4) is 0 Å². The topological polar surface area (TPSA) is 38.3 Å². The van der Waals surface area contributed by atoms with Crippen LogP contribution >= 0.6 is 11.6 Å². The Kier molecular flexibility index (Phi) is 4.95. The highest BCUT2D eigenvalue weighted by Gasteiger charge is 2.05. The number of carbonyl (C=O) groups is 1. The molecule has 0 radical (unpaired) electrons. The Bertz CT molecular complexity index is 526. The van der Waals surface area contributed by atoms with Crippen LogP contribution in [-0.2, 0) is 17.3 Å². The summed E-state index contributed by atoms with van der Waals surface area (Å²) in [5, 5.41) is 0. The van der Waals surface area contributed by atoms with Crippen LogP contribution in [0.15, 0.2) is 54.6 Å². The van der Waals surface area contributed by atoms with Crippen LogP contribution < -0.4 is 5.48 Å². The third kappa shape index (κ3) is 4.09. The summed E-state index contributed by atoms with van der Waals surface area (Å²) in [6, 6.07) is 16.7. The molecule has 3 nitrogen and oxygen atoms in total. The van der Waals surface area contributed by atoms with E-state index in [-0.39, 0.29) is 5.91 Å². The van der Waals surface area contributed by atoms with Gasteiger partial charge in [0.2, 0.25) is 0 Å². The first-order chi connectivity index (χ1) is 9.29. The van der Waals surface area contributed by atoms with E-state index in [0.717, 1.165) is 11.1 Å². The van der Waals surface area contributed by atoms with Gasteiger partial charge in [-0.2, -0.15) is 0 Å². The maximum atomic E-state index is 11.8. The van der Waals surface area contributed by atoms with Crippen molar-refractivity contribution in [3.8, 4) is 0 Å². The van der Waals surface area contributed by atoms with Crippen LogP contribution in [0.2, 0.25) is 0 Å². The number of amides is 1. The van der Waals surface area contributed by atoms with Gasteiger partial charge in [0.15, 0.2) is 0 Å². The van der Waals surface area contributed by atoms with Gasteiger partial charge in [-0.25, -0.2) is 5.48 Å². The number of halogens is 1. The molecule has 1 amide bonds. The first kappa shape index (κ1) is 13.6. The zero-order valence-corrected chi connectivity index (χ0v) is 11.1. The predicted molar refractivity (Wildman–Crippen MR) is 74.7 cm³/mol. The maximum absolute atomic E-state index is 11.8. The average Bonchev–Trinajstić information content (AvgIpc) is 2.48. The van der Waals surface area contributed by atoms with E-state index in [1.165, 1.54) is 0 Å². The van der Waals surface area contributed by atoms with E-state index >= 15 is 0 Å². The second-order valence-electron chi connectivity index (χ2n) is 4.04. The van der Waals surface area contributed by atoms with Gasteiger partial charge in [-0.05, 0) is 23.3 Å². The van der Waals surface area contributed by atoms with Crippen molar-refractivity contribution in [2.45, 2.75) is 12.5 Å². The number of hydrogen-bond acceptors (Lipinski definition) is 2. The van der Waals surface area contributed by atoms with Crippen LogP contribution in [0.5, 0.6) is 0 Å². The van der Waals surface area contributed by atoms with Crippen LogP contribution in [0.25, 0.3) is 0 Å². The Morgan fingerprint density at radius 1 is 1.00 bits per heavy atom. The van der Waals surface area contributed by atoms with Gasteiger partial charge in [-0.3, -0.25) is 9.63 Å². The molecule has 1 N–H and O–H groups in total. The van der Waals surface area contributed by atoms with E-state index in [4.69, 9.17) is 16.4 Å². The quantitative estimate of drug-likeness (QED) is 0.672. The molecular formula is C15H14ClNO2. The Morgan fingerprint density at radius 3 is 2.32 bits per heavy atom. The summed E-state index contributed by atoms with van der Waals surface area (Å²) in [6.07, 6.45) is 0. The highest BCUT2D eigenvalue weighted by atomic mass is 35.5. The third-order valence-corrected chi connectivity index (χ3v) is 2.93. The Balaban J connectivity index is 1.84. The molecule has 0 aliphatic carbocycles. The lowest BCUT2D eigenvalue weighted by Crippen LogP contribution is -2.23. The first-order valence-corrected chi connectivity index (χ1v) is 6.44. The van der Waals surface area contributed by atoms with Gasteiger partial charge >= 0.3 is 0 Å². The molecule has 0 unspecified atom stereocenters. The molecule has 0 aromatic heterocycles. The minimum Gasteiger partial charge on any atom is -0.269 e. The van der Waals surface area contributed by atoms with E-state index in [9.17, 15) is 4.79 Å². The highest BCUT2D eigenvalue weighted by molar-refractivity contribution is 6.17. The van der Waals surface area contributed by atoms with Crippen molar-refractivity contribution in [1.29, 1.82) is 0 Å². The molecule has 0 atom stereocenters. The summed E-state index contributed by atoms with van der Waals surface area (Å²) in [5.74, 6) is 0.170. The summed E-state index contributed by atoms with van der Waals surface area (Å²) < 4.78 is 0. The second-order valence-corrected chi connectivity index (χ2v) is 4.30. The molecule has 0 saturated carbocycles. The molecule has 4 heteroatoms. The number of benzene rings is 2. The minimum absolute atomic E-state index is 0.267. The third-order valence-electron chi connectivity index (χ3n) is 2.62. The van der Waals surface area contributed by atoms with Gasteiger partial charge < -0.3 is 0 Å². The first-order valence-electron chi connectivity index (χ1n) is 5.90. The zero-order valence-electron chi connectivity index (χ0n) is 10.3. The molecule has 0 spiro atoms. The molecule has 0 heterocycles. The molecule has 2 aromatic rings. The monoisotopic (exact) mass is 275 g/mol. The molecule has 2 rings (SSSR count). The van der Waals surface area contributed by atoms with Gasteiger partial charge in [0, 0.05) is 11.4 Å². The largest absolute Gasteiger partial charge is 0.274 e. The molecule has 98 valence electrons. The highest BCUT2D eigenvalue weighted by Crippen LogP contribution is 2.07. The molecule has 0 fully saturated rings. The molecule has 0 aliphatic heterocycles. The fourth-order valence-electron chi connectivity index (χ4n) is 1.56. The van der Waals surface area contributed by atoms with Crippen LogP contribution in [0.1, 0.15) is 21.5 Å².